The van der Waals surface area contributed by atoms with Crippen molar-refractivity contribution < 1.29 is 4.79 Å². The second kappa shape index (κ2) is 7.34. The Hall–Kier alpha value is -1.56. The zero-order chi connectivity index (χ0) is 17.1. The fourth-order valence-electron chi connectivity index (χ4n) is 2.35. The molecule has 0 fully saturated rings. The number of hydrogen-bond acceptors (Lipinski definition) is 3. The van der Waals surface area contributed by atoms with Crippen LogP contribution in [0.15, 0.2) is 18.2 Å². The molecular weight excluding hydrogens is 335 g/mol. The summed E-state index contributed by atoms with van der Waals surface area (Å²) in [7, 11) is 1.85. The molecule has 0 aliphatic carbocycles. The van der Waals surface area contributed by atoms with Crippen LogP contribution in [-0.2, 0) is 11.8 Å². The molecule has 23 heavy (non-hydrogen) atoms. The van der Waals surface area contributed by atoms with Crippen LogP contribution in [0, 0.1) is 13.8 Å². The summed E-state index contributed by atoms with van der Waals surface area (Å²) < 4.78 is 1.74. The molecule has 0 saturated carbocycles. The first-order valence-corrected chi connectivity index (χ1v) is 8.03. The van der Waals surface area contributed by atoms with Gasteiger partial charge in [-0.15, -0.1) is 0 Å². The summed E-state index contributed by atoms with van der Waals surface area (Å²) in [5.41, 5.74) is 3.38. The molecule has 0 saturated heterocycles. The van der Waals surface area contributed by atoms with Crippen molar-refractivity contribution in [1.82, 2.24) is 15.1 Å². The lowest BCUT2D eigenvalue weighted by molar-refractivity contribution is -0.115. The standard InChI is InChI=1S/C16H20Cl2N4O/c1-9(13-6-5-12(17)7-14(13)18)19-8-15(23)20-16-10(2)21-22(4)11(16)3/h5-7,9,19H,8H2,1-4H3,(H,20,23). The van der Waals surface area contributed by atoms with E-state index in [1.165, 1.54) is 0 Å². The van der Waals surface area contributed by atoms with Crippen molar-refractivity contribution >= 4 is 34.8 Å². The number of carbonyl (C=O) groups is 1. The number of halogens is 2. The number of aromatic nitrogens is 2. The van der Waals surface area contributed by atoms with Gasteiger partial charge in [0.2, 0.25) is 5.91 Å². The Morgan fingerprint density at radius 3 is 2.61 bits per heavy atom. The highest BCUT2D eigenvalue weighted by molar-refractivity contribution is 6.35. The molecule has 1 heterocycles. The predicted molar refractivity (Wildman–Crippen MR) is 94.2 cm³/mol. The largest absolute Gasteiger partial charge is 0.322 e. The molecule has 1 aromatic heterocycles. The minimum atomic E-state index is -0.124. The van der Waals surface area contributed by atoms with Gasteiger partial charge in [-0.2, -0.15) is 5.10 Å². The zero-order valence-electron chi connectivity index (χ0n) is 13.6. The molecule has 2 rings (SSSR count). The van der Waals surface area contributed by atoms with Crippen LogP contribution >= 0.6 is 23.2 Å². The van der Waals surface area contributed by atoms with Crippen LogP contribution in [0.2, 0.25) is 10.0 Å². The maximum Gasteiger partial charge on any atom is 0.238 e. The molecule has 0 aliphatic heterocycles. The minimum absolute atomic E-state index is 0.0680. The Labute approximate surface area is 146 Å². The van der Waals surface area contributed by atoms with Gasteiger partial charge in [-0.1, -0.05) is 29.3 Å². The van der Waals surface area contributed by atoms with Crippen molar-refractivity contribution in [2.24, 2.45) is 7.05 Å². The molecular formula is C16H20Cl2N4O. The molecule has 1 unspecified atom stereocenters. The maximum atomic E-state index is 12.1. The first kappa shape index (κ1) is 17.8. The van der Waals surface area contributed by atoms with Crippen molar-refractivity contribution in [3.8, 4) is 0 Å². The molecule has 5 nitrogen and oxygen atoms in total. The van der Waals surface area contributed by atoms with Crippen LogP contribution < -0.4 is 10.6 Å². The number of hydrogen-bond donors (Lipinski definition) is 2. The number of nitrogens with zero attached hydrogens (tertiary/aromatic N) is 2. The van der Waals surface area contributed by atoms with Gasteiger partial charge in [-0.05, 0) is 38.5 Å². The Bertz CT molecular complexity index is 727. The third-order valence-electron chi connectivity index (χ3n) is 3.77. The van der Waals surface area contributed by atoms with Crippen molar-refractivity contribution in [3.05, 3.63) is 45.2 Å². The fourth-order valence-corrected chi connectivity index (χ4v) is 2.92. The summed E-state index contributed by atoms with van der Waals surface area (Å²) in [6.45, 7) is 5.90. The van der Waals surface area contributed by atoms with Crippen LogP contribution in [0.1, 0.15) is 29.9 Å². The van der Waals surface area contributed by atoms with Crippen molar-refractivity contribution in [1.29, 1.82) is 0 Å². The van der Waals surface area contributed by atoms with Gasteiger partial charge in [0.15, 0.2) is 0 Å². The molecule has 1 amide bonds. The zero-order valence-corrected chi connectivity index (χ0v) is 15.1. The molecule has 2 aromatic rings. The molecule has 0 spiro atoms. The summed E-state index contributed by atoms with van der Waals surface area (Å²) in [4.78, 5) is 12.1. The summed E-state index contributed by atoms with van der Waals surface area (Å²) >= 11 is 12.1. The van der Waals surface area contributed by atoms with E-state index < -0.39 is 0 Å². The number of aryl methyl sites for hydroxylation is 2. The van der Waals surface area contributed by atoms with Crippen molar-refractivity contribution in [2.45, 2.75) is 26.8 Å². The van der Waals surface area contributed by atoms with Gasteiger partial charge in [0.05, 0.1) is 23.6 Å². The highest BCUT2D eigenvalue weighted by Crippen LogP contribution is 2.26. The van der Waals surface area contributed by atoms with Gasteiger partial charge in [-0.3, -0.25) is 9.48 Å². The SMILES string of the molecule is Cc1nn(C)c(C)c1NC(=O)CNC(C)c1ccc(Cl)cc1Cl. The van der Waals surface area contributed by atoms with E-state index in [0.717, 1.165) is 22.6 Å². The van der Waals surface area contributed by atoms with Crippen molar-refractivity contribution in [3.63, 3.8) is 0 Å². The van der Waals surface area contributed by atoms with Crippen LogP contribution in [0.4, 0.5) is 5.69 Å². The van der Waals surface area contributed by atoms with Gasteiger partial charge in [0, 0.05) is 23.1 Å². The van der Waals surface area contributed by atoms with E-state index >= 15 is 0 Å². The Kier molecular flexibility index (Phi) is 5.68. The Balaban J connectivity index is 1.96. The lowest BCUT2D eigenvalue weighted by atomic mass is 10.1. The first-order valence-electron chi connectivity index (χ1n) is 7.28. The number of amides is 1. The second-order valence-electron chi connectivity index (χ2n) is 5.49. The topological polar surface area (TPSA) is 59.0 Å². The highest BCUT2D eigenvalue weighted by Gasteiger charge is 2.14. The first-order chi connectivity index (χ1) is 10.8. The van der Waals surface area contributed by atoms with E-state index in [-0.39, 0.29) is 18.5 Å². The fraction of sp³-hybridized carbons (Fsp3) is 0.375. The monoisotopic (exact) mass is 354 g/mol. The number of rotatable bonds is 5. The summed E-state index contributed by atoms with van der Waals surface area (Å²) in [5, 5.41) is 11.5. The normalized spacial score (nSPS) is 12.3. The molecule has 1 atom stereocenters. The van der Waals surface area contributed by atoms with Crippen molar-refractivity contribution in [2.75, 3.05) is 11.9 Å². The maximum absolute atomic E-state index is 12.1. The quantitative estimate of drug-likeness (QED) is 0.861. The molecule has 0 aliphatic rings. The van der Waals surface area contributed by atoms with Gasteiger partial charge in [0.1, 0.15) is 0 Å². The number of carbonyl (C=O) groups excluding carboxylic acids is 1. The van der Waals surface area contributed by atoms with E-state index in [1.807, 2.05) is 33.9 Å². The lowest BCUT2D eigenvalue weighted by Crippen LogP contribution is -2.30. The van der Waals surface area contributed by atoms with E-state index in [0.29, 0.717) is 10.0 Å². The van der Waals surface area contributed by atoms with Gasteiger partial charge >= 0.3 is 0 Å². The Morgan fingerprint density at radius 2 is 2.04 bits per heavy atom. The van der Waals surface area contributed by atoms with Crippen LogP contribution in [0.5, 0.6) is 0 Å². The summed E-state index contributed by atoms with van der Waals surface area (Å²) in [5.74, 6) is -0.124. The minimum Gasteiger partial charge on any atom is -0.322 e. The van der Waals surface area contributed by atoms with Crippen LogP contribution in [0.25, 0.3) is 0 Å². The summed E-state index contributed by atoms with van der Waals surface area (Å²) in [6.07, 6.45) is 0. The molecule has 2 N–H and O–H groups in total. The highest BCUT2D eigenvalue weighted by atomic mass is 35.5. The molecule has 124 valence electrons. The van der Waals surface area contributed by atoms with Crippen LogP contribution in [0.3, 0.4) is 0 Å². The molecule has 1 aromatic carbocycles. The van der Waals surface area contributed by atoms with Gasteiger partial charge < -0.3 is 10.6 Å². The average Bonchev–Trinajstić information content (AvgIpc) is 2.71. The molecule has 0 radical (unpaired) electrons. The second-order valence-corrected chi connectivity index (χ2v) is 6.33. The Morgan fingerprint density at radius 1 is 1.35 bits per heavy atom. The van der Waals surface area contributed by atoms with Gasteiger partial charge in [-0.25, -0.2) is 0 Å². The third-order valence-corrected chi connectivity index (χ3v) is 4.33. The third kappa shape index (κ3) is 4.25. The molecule has 7 heteroatoms. The number of benzene rings is 1. The van der Waals surface area contributed by atoms with E-state index in [2.05, 4.69) is 15.7 Å². The average molecular weight is 355 g/mol. The van der Waals surface area contributed by atoms with Crippen LogP contribution in [-0.4, -0.2) is 22.2 Å². The van der Waals surface area contributed by atoms with E-state index in [4.69, 9.17) is 23.2 Å². The predicted octanol–water partition coefficient (Wildman–Crippen LogP) is 3.63. The molecule has 0 bridgehead atoms. The van der Waals surface area contributed by atoms with Gasteiger partial charge in [0.25, 0.3) is 0 Å². The van der Waals surface area contributed by atoms with E-state index in [1.54, 1.807) is 16.8 Å². The number of anilines is 1. The lowest BCUT2D eigenvalue weighted by Gasteiger charge is -2.16. The smallest absolute Gasteiger partial charge is 0.238 e. The van der Waals surface area contributed by atoms with E-state index in [9.17, 15) is 4.79 Å². The number of nitrogens with one attached hydrogen (secondary N) is 2. The summed E-state index contributed by atoms with van der Waals surface area (Å²) in [6, 6.07) is 5.26.